The lowest BCUT2D eigenvalue weighted by molar-refractivity contribution is 0.476. The molecule has 0 saturated carbocycles. The summed E-state index contributed by atoms with van der Waals surface area (Å²) in [7, 11) is 0. The second-order valence-corrected chi connectivity index (χ2v) is 4.97. The topological polar surface area (TPSA) is 38.0 Å². The molecule has 0 aliphatic carbocycles. The van der Waals surface area contributed by atoms with Crippen LogP contribution in [0.4, 0.5) is 0 Å². The fourth-order valence-corrected chi connectivity index (χ4v) is 2.48. The molecule has 2 nitrogen and oxygen atoms in total. The summed E-state index contributed by atoms with van der Waals surface area (Å²) in [4.78, 5) is 0. The van der Waals surface area contributed by atoms with Gasteiger partial charge in [0.1, 0.15) is 0 Å². The Balaban J connectivity index is 2.49. The summed E-state index contributed by atoms with van der Waals surface area (Å²) in [5.74, 6) is 5.72. The van der Waals surface area contributed by atoms with Gasteiger partial charge in [-0.25, -0.2) is 0 Å². The highest BCUT2D eigenvalue weighted by molar-refractivity contribution is 5.29. The third-order valence-electron chi connectivity index (χ3n) is 3.61. The Hall–Kier alpha value is -0.860. The fourth-order valence-electron chi connectivity index (χ4n) is 2.48. The molecular weight excluding hydrogens is 220 g/mol. The summed E-state index contributed by atoms with van der Waals surface area (Å²) < 4.78 is 0. The van der Waals surface area contributed by atoms with Crippen molar-refractivity contribution >= 4 is 0 Å². The predicted octanol–water partition coefficient (Wildman–Crippen LogP) is 4.11. The van der Waals surface area contributed by atoms with Gasteiger partial charge in [0.2, 0.25) is 0 Å². The van der Waals surface area contributed by atoms with Crippen molar-refractivity contribution in [3.05, 3.63) is 35.4 Å². The minimum atomic E-state index is 0.308. The molecule has 1 rings (SSSR count). The van der Waals surface area contributed by atoms with Crippen LogP contribution in [0.3, 0.4) is 0 Å². The van der Waals surface area contributed by atoms with E-state index in [9.17, 15) is 0 Å². The molecule has 1 aromatic rings. The van der Waals surface area contributed by atoms with Crippen molar-refractivity contribution in [3.8, 4) is 0 Å². The van der Waals surface area contributed by atoms with Gasteiger partial charge >= 0.3 is 0 Å². The van der Waals surface area contributed by atoms with E-state index in [1.165, 1.54) is 43.2 Å². The van der Waals surface area contributed by atoms with Gasteiger partial charge in [0.15, 0.2) is 0 Å². The lowest BCUT2D eigenvalue weighted by Crippen LogP contribution is -2.28. The first-order chi connectivity index (χ1) is 8.83. The number of nitrogens with one attached hydrogen (secondary N) is 1. The van der Waals surface area contributed by atoms with Gasteiger partial charge in [0.25, 0.3) is 0 Å². The Kier molecular flexibility index (Phi) is 7.70. The monoisotopic (exact) mass is 248 g/mol. The minimum absolute atomic E-state index is 0.308. The van der Waals surface area contributed by atoms with E-state index in [0.29, 0.717) is 6.04 Å². The smallest absolute Gasteiger partial charge is 0.0462 e. The van der Waals surface area contributed by atoms with E-state index in [1.807, 2.05) is 0 Å². The van der Waals surface area contributed by atoms with E-state index < -0.39 is 0 Å². The van der Waals surface area contributed by atoms with Crippen LogP contribution in [0.2, 0.25) is 0 Å². The number of benzene rings is 1. The highest BCUT2D eigenvalue weighted by Crippen LogP contribution is 2.23. The molecule has 0 saturated heterocycles. The highest BCUT2D eigenvalue weighted by Gasteiger charge is 2.12. The van der Waals surface area contributed by atoms with Crippen molar-refractivity contribution in [1.82, 2.24) is 5.43 Å². The summed E-state index contributed by atoms with van der Waals surface area (Å²) >= 11 is 0. The predicted molar refractivity (Wildman–Crippen MR) is 79.3 cm³/mol. The molecule has 0 aliphatic rings. The van der Waals surface area contributed by atoms with Gasteiger partial charge in [-0.1, -0.05) is 70.2 Å². The summed E-state index contributed by atoms with van der Waals surface area (Å²) in [5, 5.41) is 0. The Bertz CT molecular complexity index is 323. The van der Waals surface area contributed by atoms with Gasteiger partial charge < -0.3 is 0 Å². The number of hydrogen-bond donors (Lipinski definition) is 2. The van der Waals surface area contributed by atoms with Crippen molar-refractivity contribution in [2.24, 2.45) is 5.84 Å². The van der Waals surface area contributed by atoms with E-state index in [-0.39, 0.29) is 0 Å². The van der Waals surface area contributed by atoms with Gasteiger partial charge in [0.05, 0.1) is 0 Å². The molecule has 0 spiro atoms. The van der Waals surface area contributed by atoms with Crippen LogP contribution in [-0.2, 0) is 6.42 Å². The second-order valence-electron chi connectivity index (χ2n) is 4.97. The molecule has 0 radical (unpaired) electrons. The fraction of sp³-hybridized carbons (Fsp3) is 0.625. The third-order valence-corrected chi connectivity index (χ3v) is 3.61. The van der Waals surface area contributed by atoms with Gasteiger partial charge in [-0.3, -0.25) is 11.3 Å². The van der Waals surface area contributed by atoms with Crippen molar-refractivity contribution in [1.29, 1.82) is 0 Å². The van der Waals surface area contributed by atoms with E-state index in [2.05, 4.69) is 43.5 Å². The normalized spacial score (nSPS) is 12.6. The van der Waals surface area contributed by atoms with Crippen LogP contribution >= 0.6 is 0 Å². The quantitative estimate of drug-likeness (QED) is 0.392. The van der Waals surface area contributed by atoms with Gasteiger partial charge in [-0.05, 0) is 24.0 Å². The van der Waals surface area contributed by atoms with Crippen LogP contribution in [-0.4, -0.2) is 0 Å². The molecule has 0 heterocycles. The van der Waals surface area contributed by atoms with Crippen molar-refractivity contribution < 1.29 is 0 Å². The van der Waals surface area contributed by atoms with Crippen LogP contribution < -0.4 is 11.3 Å². The van der Waals surface area contributed by atoms with Gasteiger partial charge in [-0.15, -0.1) is 0 Å². The molecule has 18 heavy (non-hydrogen) atoms. The zero-order chi connectivity index (χ0) is 13.2. The molecule has 1 atom stereocenters. The number of unbranched alkanes of at least 4 members (excludes halogenated alkanes) is 4. The molecule has 0 aromatic heterocycles. The molecule has 1 unspecified atom stereocenters. The molecule has 0 aliphatic heterocycles. The van der Waals surface area contributed by atoms with Crippen molar-refractivity contribution in [2.45, 2.75) is 64.8 Å². The second kappa shape index (κ2) is 9.12. The van der Waals surface area contributed by atoms with E-state index in [0.717, 1.165) is 12.8 Å². The SMILES string of the molecule is CCCCCCCC(NN)c1ccccc1CC. The van der Waals surface area contributed by atoms with Crippen molar-refractivity contribution in [2.75, 3.05) is 0 Å². The van der Waals surface area contributed by atoms with Crippen LogP contribution in [0.15, 0.2) is 24.3 Å². The highest BCUT2D eigenvalue weighted by atomic mass is 15.2. The first-order valence-electron chi connectivity index (χ1n) is 7.37. The summed E-state index contributed by atoms with van der Waals surface area (Å²) in [6.07, 6.45) is 8.79. The van der Waals surface area contributed by atoms with E-state index in [1.54, 1.807) is 0 Å². The average molecular weight is 248 g/mol. The van der Waals surface area contributed by atoms with Crippen LogP contribution in [0, 0.1) is 0 Å². The van der Waals surface area contributed by atoms with Crippen LogP contribution in [0.25, 0.3) is 0 Å². The molecule has 0 bridgehead atoms. The zero-order valence-corrected chi connectivity index (χ0v) is 11.9. The standard InChI is InChI=1S/C16H28N2/c1-3-5-6-7-8-13-16(18-17)15-12-10-9-11-14(15)4-2/h9-12,16,18H,3-8,13,17H2,1-2H3. The Morgan fingerprint density at radius 1 is 1.06 bits per heavy atom. The summed E-state index contributed by atoms with van der Waals surface area (Å²) in [6, 6.07) is 8.93. The Labute approximate surface area is 112 Å². The molecule has 3 N–H and O–H groups in total. The van der Waals surface area contributed by atoms with Gasteiger partial charge in [0, 0.05) is 6.04 Å². The maximum atomic E-state index is 5.72. The Morgan fingerprint density at radius 2 is 1.78 bits per heavy atom. The summed E-state index contributed by atoms with van der Waals surface area (Å²) in [5.41, 5.74) is 5.77. The summed E-state index contributed by atoms with van der Waals surface area (Å²) in [6.45, 7) is 4.45. The largest absolute Gasteiger partial charge is 0.271 e. The number of aryl methyl sites for hydroxylation is 1. The van der Waals surface area contributed by atoms with Gasteiger partial charge in [-0.2, -0.15) is 0 Å². The molecule has 0 fully saturated rings. The number of hydrazine groups is 1. The Morgan fingerprint density at radius 3 is 2.44 bits per heavy atom. The lowest BCUT2D eigenvalue weighted by Gasteiger charge is -2.19. The first kappa shape index (κ1) is 15.2. The number of rotatable bonds is 9. The molecule has 1 aromatic carbocycles. The third kappa shape index (κ3) is 4.79. The van der Waals surface area contributed by atoms with Crippen molar-refractivity contribution in [3.63, 3.8) is 0 Å². The maximum Gasteiger partial charge on any atom is 0.0462 e. The first-order valence-corrected chi connectivity index (χ1v) is 7.37. The molecular formula is C16H28N2. The lowest BCUT2D eigenvalue weighted by atomic mass is 9.95. The van der Waals surface area contributed by atoms with E-state index >= 15 is 0 Å². The van der Waals surface area contributed by atoms with E-state index in [4.69, 9.17) is 5.84 Å². The minimum Gasteiger partial charge on any atom is -0.271 e. The zero-order valence-electron chi connectivity index (χ0n) is 11.9. The van der Waals surface area contributed by atoms with Crippen LogP contribution in [0.1, 0.15) is 69.5 Å². The molecule has 2 heteroatoms. The molecule has 0 amide bonds. The number of hydrogen-bond acceptors (Lipinski definition) is 2. The number of nitrogens with two attached hydrogens (primary N) is 1. The van der Waals surface area contributed by atoms with Crippen LogP contribution in [0.5, 0.6) is 0 Å². The molecule has 102 valence electrons. The average Bonchev–Trinajstić information content (AvgIpc) is 2.43. The maximum absolute atomic E-state index is 5.72.